The van der Waals surface area contributed by atoms with Crippen LogP contribution in [0, 0.1) is 5.82 Å². The molecule has 0 fully saturated rings. The van der Waals surface area contributed by atoms with Crippen molar-refractivity contribution in [2.75, 3.05) is 6.54 Å². The molecular weight excluding hydrogens is 282 g/mol. The van der Waals surface area contributed by atoms with Gasteiger partial charge >= 0.3 is 0 Å². The summed E-state index contributed by atoms with van der Waals surface area (Å²) in [5.41, 5.74) is 12.2. The summed E-state index contributed by atoms with van der Waals surface area (Å²) in [5, 5.41) is 0. The van der Waals surface area contributed by atoms with Crippen molar-refractivity contribution >= 4 is 28.3 Å². The molecule has 0 saturated heterocycles. The van der Waals surface area contributed by atoms with Crippen molar-refractivity contribution < 1.29 is 4.39 Å². The van der Waals surface area contributed by atoms with Gasteiger partial charge < -0.3 is 11.5 Å². The molecule has 0 aliphatic heterocycles. The van der Waals surface area contributed by atoms with Crippen molar-refractivity contribution in [3.05, 3.63) is 34.1 Å². The molecule has 0 aliphatic rings. The molecule has 0 amide bonds. The van der Waals surface area contributed by atoms with Crippen molar-refractivity contribution in [2.24, 2.45) is 11.5 Å². The first kappa shape index (κ1) is 14.8. The van der Waals surface area contributed by atoms with E-state index in [1.54, 1.807) is 6.07 Å². The van der Waals surface area contributed by atoms with Crippen LogP contribution in [0.25, 0.3) is 0 Å². The predicted octanol–water partition coefficient (Wildman–Crippen LogP) is 2.75. The summed E-state index contributed by atoms with van der Waals surface area (Å²) in [6.45, 7) is 0.631. The Balaban J connectivity index is 0.00000196. The Morgan fingerprint density at radius 1 is 1.40 bits per heavy atom. The van der Waals surface area contributed by atoms with E-state index in [2.05, 4.69) is 15.9 Å². The van der Waals surface area contributed by atoms with Gasteiger partial charge in [-0.1, -0.05) is 22.0 Å². The molecule has 0 radical (unpaired) electrons. The first-order chi connectivity index (χ1) is 6.65. The molecular formula is C10H15BrClFN2. The molecule has 1 aromatic carbocycles. The smallest absolute Gasteiger partial charge is 0.124 e. The van der Waals surface area contributed by atoms with E-state index in [9.17, 15) is 4.39 Å². The van der Waals surface area contributed by atoms with E-state index in [4.69, 9.17) is 11.5 Å². The fraction of sp³-hybridized carbons (Fsp3) is 0.400. The van der Waals surface area contributed by atoms with Crippen LogP contribution in [-0.2, 0) is 0 Å². The number of nitrogens with two attached hydrogens (primary N) is 2. The van der Waals surface area contributed by atoms with Crippen LogP contribution < -0.4 is 11.5 Å². The molecule has 0 aromatic heterocycles. The van der Waals surface area contributed by atoms with Gasteiger partial charge in [0.1, 0.15) is 5.82 Å². The molecule has 0 unspecified atom stereocenters. The Hall–Kier alpha value is -0.160. The van der Waals surface area contributed by atoms with Crippen LogP contribution in [0.5, 0.6) is 0 Å². The summed E-state index contributed by atoms with van der Waals surface area (Å²) in [7, 11) is 0. The van der Waals surface area contributed by atoms with E-state index in [-0.39, 0.29) is 24.3 Å². The molecule has 0 bridgehead atoms. The number of rotatable bonds is 4. The minimum Gasteiger partial charge on any atom is -0.330 e. The van der Waals surface area contributed by atoms with Gasteiger partial charge in [0.15, 0.2) is 0 Å². The summed E-state index contributed by atoms with van der Waals surface area (Å²) in [4.78, 5) is 0. The molecule has 1 rings (SSSR count). The van der Waals surface area contributed by atoms with Crippen molar-refractivity contribution in [3.8, 4) is 0 Å². The average Bonchev–Trinajstić information content (AvgIpc) is 2.14. The Bertz CT molecular complexity index is 309. The molecule has 15 heavy (non-hydrogen) atoms. The SMILES string of the molecule is Cl.NCCC[C@@H](N)c1ccc(F)cc1Br. The maximum Gasteiger partial charge on any atom is 0.124 e. The second-order valence-electron chi connectivity index (χ2n) is 3.20. The summed E-state index contributed by atoms with van der Waals surface area (Å²) in [5.74, 6) is -0.258. The van der Waals surface area contributed by atoms with Crippen LogP contribution >= 0.6 is 28.3 Å². The molecule has 0 spiro atoms. The van der Waals surface area contributed by atoms with E-state index in [1.807, 2.05) is 0 Å². The van der Waals surface area contributed by atoms with Gasteiger partial charge in [-0.3, -0.25) is 0 Å². The lowest BCUT2D eigenvalue weighted by Crippen LogP contribution is -2.13. The number of benzene rings is 1. The maximum atomic E-state index is 12.8. The largest absolute Gasteiger partial charge is 0.330 e. The Morgan fingerprint density at radius 2 is 2.07 bits per heavy atom. The Kier molecular flexibility index (Phi) is 7.09. The lowest BCUT2D eigenvalue weighted by molar-refractivity contribution is 0.604. The zero-order valence-corrected chi connectivity index (χ0v) is 10.7. The van der Waals surface area contributed by atoms with Crippen LogP contribution in [0.1, 0.15) is 24.4 Å². The number of hydrogen-bond acceptors (Lipinski definition) is 2. The van der Waals surface area contributed by atoms with Crippen molar-refractivity contribution in [2.45, 2.75) is 18.9 Å². The molecule has 0 aliphatic carbocycles. The maximum absolute atomic E-state index is 12.8. The summed E-state index contributed by atoms with van der Waals surface area (Å²) < 4.78 is 13.5. The summed E-state index contributed by atoms with van der Waals surface area (Å²) in [6, 6.07) is 4.48. The van der Waals surface area contributed by atoms with Gasteiger partial charge in [-0.2, -0.15) is 0 Å². The third-order valence-corrected chi connectivity index (χ3v) is 2.77. The summed E-state index contributed by atoms with van der Waals surface area (Å²) >= 11 is 3.29. The molecule has 0 heterocycles. The van der Waals surface area contributed by atoms with Gasteiger partial charge in [-0.15, -0.1) is 12.4 Å². The monoisotopic (exact) mass is 296 g/mol. The van der Waals surface area contributed by atoms with Crippen molar-refractivity contribution in [1.82, 2.24) is 0 Å². The van der Waals surface area contributed by atoms with Crippen LogP contribution in [0.4, 0.5) is 4.39 Å². The fourth-order valence-electron chi connectivity index (χ4n) is 1.30. The highest BCUT2D eigenvalue weighted by atomic mass is 79.9. The van der Waals surface area contributed by atoms with E-state index >= 15 is 0 Å². The normalized spacial score (nSPS) is 12.0. The number of halogens is 3. The van der Waals surface area contributed by atoms with Gasteiger partial charge in [-0.25, -0.2) is 4.39 Å². The molecule has 0 saturated carbocycles. The summed E-state index contributed by atoms with van der Waals surface area (Å²) in [6.07, 6.45) is 1.70. The predicted molar refractivity (Wildman–Crippen MR) is 66.6 cm³/mol. The quantitative estimate of drug-likeness (QED) is 0.898. The lowest BCUT2D eigenvalue weighted by atomic mass is 10.0. The van der Waals surface area contributed by atoms with Crippen LogP contribution in [0.15, 0.2) is 22.7 Å². The minimum atomic E-state index is -0.258. The third kappa shape index (κ3) is 4.47. The van der Waals surface area contributed by atoms with Gasteiger partial charge in [-0.05, 0) is 37.1 Å². The van der Waals surface area contributed by atoms with E-state index in [1.165, 1.54) is 12.1 Å². The zero-order chi connectivity index (χ0) is 10.6. The van der Waals surface area contributed by atoms with Gasteiger partial charge in [0.25, 0.3) is 0 Å². The van der Waals surface area contributed by atoms with Crippen LogP contribution in [0.3, 0.4) is 0 Å². The Morgan fingerprint density at radius 3 is 2.60 bits per heavy atom. The molecule has 1 atom stereocenters. The fourth-order valence-corrected chi connectivity index (χ4v) is 1.94. The van der Waals surface area contributed by atoms with Gasteiger partial charge in [0.05, 0.1) is 0 Å². The molecule has 86 valence electrons. The topological polar surface area (TPSA) is 52.0 Å². The van der Waals surface area contributed by atoms with E-state index in [0.29, 0.717) is 6.54 Å². The first-order valence-corrected chi connectivity index (χ1v) is 5.35. The van der Waals surface area contributed by atoms with Crippen LogP contribution in [-0.4, -0.2) is 6.54 Å². The second kappa shape index (κ2) is 7.17. The highest BCUT2D eigenvalue weighted by Gasteiger charge is 2.09. The average molecular weight is 298 g/mol. The molecule has 1 aromatic rings. The van der Waals surface area contributed by atoms with Crippen LogP contribution in [0.2, 0.25) is 0 Å². The first-order valence-electron chi connectivity index (χ1n) is 4.55. The lowest BCUT2D eigenvalue weighted by Gasteiger charge is -2.13. The van der Waals surface area contributed by atoms with Gasteiger partial charge in [0.2, 0.25) is 0 Å². The zero-order valence-electron chi connectivity index (χ0n) is 8.25. The number of hydrogen-bond donors (Lipinski definition) is 2. The van der Waals surface area contributed by atoms with Crippen molar-refractivity contribution in [3.63, 3.8) is 0 Å². The van der Waals surface area contributed by atoms with E-state index in [0.717, 1.165) is 22.9 Å². The highest BCUT2D eigenvalue weighted by Crippen LogP contribution is 2.25. The minimum absolute atomic E-state index is 0. The molecule has 2 nitrogen and oxygen atoms in total. The van der Waals surface area contributed by atoms with Gasteiger partial charge in [0, 0.05) is 10.5 Å². The molecule has 5 heteroatoms. The standard InChI is InChI=1S/C10H14BrFN2.ClH/c11-9-6-7(12)3-4-8(9)10(14)2-1-5-13;/h3-4,6,10H,1-2,5,13-14H2;1H/t10-;/m1./s1. The highest BCUT2D eigenvalue weighted by molar-refractivity contribution is 9.10. The third-order valence-electron chi connectivity index (χ3n) is 2.08. The second-order valence-corrected chi connectivity index (χ2v) is 4.06. The molecule has 4 N–H and O–H groups in total. The van der Waals surface area contributed by atoms with Crippen molar-refractivity contribution in [1.29, 1.82) is 0 Å². The Labute approximate surface area is 104 Å². The van der Waals surface area contributed by atoms with E-state index < -0.39 is 0 Å².